The van der Waals surface area contributed by atoms with E-state index in [-0.39, 0.29) is 135 Å². The van der Waals surface area contributed by atoms with Gasteiger partial charge in [-0.2, -0.15) is 0 Å². The van der Waals surface area contributed by atoms with Crippen LogP contribution in [0.25, 0.3) is 0 Å². The number of likely N-dealkylation sites (tertiary alicyclic amines) is 2. The molecule has 1 radical (unpaired) electrons. The molecule has 8 fully saturated rings. The van der Waals surface area contributed by atoms with Gasteiger partial charge >= 0.3 is 11.9 Å². The normalized spacial score (nSPS) is 46.8. The van der Waals surface area contributed by atoms with Crippen LogP contribution in [0.3, 0.4) is 0 Å². The molecule has 0 aromatic carbocycles. The van der Waals surface area contributed by atoms with Gasteiger partial charge in [-0.3, -0.25) is 38.6 Å². The van der Waals surface area contributed by atoms with Gasteiger partial charge in [0.05, 0.1) is 34.5 Å². The number of hydrogen-bond acceptors (Lipinski definition) is 6. The van der Waals surface area contributed by atoms with Gasteiger partial charge in [0.1, 0.15) is 0 Å². The van der Waals surface area contributed by atoms with Crippen molar-refractivity contribution in [1.29, 1.82) is 0 Å². The van der Waals surface area contributed by atoms with Crippen LogP contribution >= 0.6 is 0 Å². The Balaban J connectivity index is 0.00000533. The molecule has 11 heteroatoms. The van der Waals surface area contributed by atoms with Gasteiger partial charge in [0.15, 0.2) is 0 Å². The fourth-order valence-electron chi connectivity index (χ4n) is 19.4. The summed E-state index contributed by atoms with van der Waals surface area (Å²) in [6.07, 6.45) is 17.6. The van der Waals surface area contributed by atoms with Gasteiger partial charge in [0.2, 0.25) is 23.6 Å². The molecule has 2 heterocycles. The fraction of sp³-hybridized carbons (Fsp3) is 0.815. The van der Waals surface area contributed by atoms with Crippen LogP contribution in [0.4, 0.5) is 0 Å². The van der Waals surface area contributed by atoms with E-state index in [4.69, 9.17) is 0 Å². The molecule has 2 aliphatic heterocycles. The SMILES string of the molecule is CC(C)C1=CC23CCC4C(C)(C(=O)O)CCCC4(C)C2CC1C1C(=O)N(CCCCCCN2C(=O)C4C5CC6C7(C)CCCC(C)(C(=O)O)C7CCC6(C=C5C(C)C)C4C2=O)C(=O)C13.[Na]. The van der Waals surface area contributed by atoms with Crippen LogP contribution in [0.1, 0.15) is 158 Å². The predicted octanol–water partition coefficient (Wildman–Crippen LogP) is 9.19. The molecule has 12 aliphatic rings. The second-order valence-electron chi connectivity index (χ2n) is 25.0. The Bertz CT molecular complexity index is 2000. The zero-order chi connectivity index (χ0) is 45.8. The number of amides is 4. The molecule has 6 saturated carbocycles. The van der Waals surface area contributed by atoms with Crippen LogP contribution in [-0.2, 0) is 28.8 Å². The average Bonchev–Trinajstić information content (AvgIpc) is 3.67. The van der Waals surface area contributed by atoms with E-state index in [1.54, 1.807) is 9.80 Å². The van der Waals surface area contributed by atoms with Crippen molar-refractivity contribution in [3.8, 4) is 0 Å². The largest absolute Gasteiger partial charge is 0.481 e. The van der Waals surface area contributed by atoms with E-state index in [2.05, 4.69) is 53.7 Å². The summed E-state index contributed by atoms with van der Waals surface area (Å²) in [6, 6.07) is 0. The molecule has 4 amide bonds. The molecule has 2 saturated heterocycles. The summed E-state index contributed by atoms with van der Waals surface area (Å²) in [4.78, 5) is 87.2. The second-order valence-corrected chi connectivity index (χ2v) is 25.0. The molecule has 2 spiro atoms. The van der Waals surface area contributed by atoms with E-state index in [0.29, 0.717) is 38.8 Å². The topological polar surface area (TPSA) is 149 Å². The second kappa shape index (κ2) is 15.9. The average molecular weight is 904 g/mol. The summed E-state index contributed by atoms with van der Waals surface area (Å²) >= 11 is 0. The summed E-state index contributed by atoms with van der Waals surface area (Å²) in [5, 5.41) is 21.0. The third kappa shape index (κ3) is 6.18. The van der Waals surface area contributed by atoms with E-state index in [0.717, 1.165) is 77.0 Å². The van der Waals surface area contributed by atoms with Crippen LogP contribution in [0.2, 0.25) is 0 Å². The molecule has 12 rings (SSSR count). The zero-order valence-corrected chi connectivity index (χ0v) is 43.0. The number of nitrogens with zero attached hydrogens (tertiary/aromatic N) is 2. The maximum absolute atomic E-state index is 14.7. The Morgan fingerprint density at radius 1 is 0.569 bits per heavy atom. The maximum atomic E-state index is 14.7. The summed E-state index contributed by atoms with van der Waals surface area (Å²) in [5.74, 6) is -1.91. The number of unbranched alkanes of at least 4 members (excludes halogenated alkanes) is 3. The fourth-order valence-corrected chi connectivity index (χ4v) is 19.4. The smallest absolute Gasteiger partial charge is 0.309 e. The number of imide groups is 2. The van der Waals surface area contributed by atoms with Gasteiger partial charge in [-0.1, -0.05) is 90.5 Å². The number of carboxylic acids is 2. The van der Waals surface area contributed by atoms with E-state index < -0.39 is 33.6 Å². The zero-order valence-electron chi connectivity index (χ0n) is 41.0. The monoisotopic (exact) mass is 904 g/mol. The maximum Gasteiger partial charge on any atom is 0.309 e. The van der Waals surface area contributed by atoms with Crippen molar-refractivity contribution in [1.82, 2.24) is 9.80 Å². The predicted molar refractivity (Wildman–Crippen MR) is 246 cm³/mol. The van der Waals surface area contributed by atoms with Crippen LogP contribution in [0.5, 0.6) is 0 Å². The number of allylic oxidation sites excluding steroid dienone is 4. The minimum atomic E-state index is -0.776. The molecular formula is C54H76N2NaO8. The number of carbonyl (C=O) groups excluding carboxylic acids is 4. The van der Waals surface area contributed by atoms with Crippen LogP contribution in [0, 0.1) is 104 Å². The Kier molecular flexibility index (Phi) is 11.7. The summed E-state index contributed by atoms with van der Waals surface area (Å²) in [7, 11) is 0. The van der Waals surface area contributed by atoms with Gasteiger partial charge in [0, 0.05) is 53.5 Å². The van der Waals surface area contributed by atoms with Gasteiger partial charge in [0.25, 0.3) is 0 Å². The number of carbonyl (C=O) groups is 6. The van der Waals surface area contributed by atoms with Gasteiger partial charge < -0.3 is 10.2 Å². The minimum Gasteiger partial charge on any atom is -0.481 e. The van der Waals surface area contributed by atoms with Crippen molar-refractivity contribution < 1.29 is 39.0 Å². The molecule has 16 unspecified atom stereocenters. The third-order valence-electron chi connectivity index (χ3n) is 22.0. The minimum absolute atomic E-state index is 0. The van der Waals surface area contributed by atoms with Crippen molar-refractivity contribution in [2.24, 2.45) is 104 Å². The molecule has 10 nitrogen and oxygen atoms in total. The van der Waals surface area contributed by atoms with Crippen molar-refractivity contribution in [3.63, 3.8) is 0 Å². The molecule has 4 bridgehead atoms. The Morgan fingerprint density at radius 2 is 0.938 bits per heavy atom. The van der Waals surface area contributed by atoms with Gasteiger partial charge in [-0.05, 0) is 149 Å². The quantitative estimate of drug-likeness (QED) is 0.0903. The molecule has 2 N–H and O–H groups in total. The molecule has 0 aromatic rings. The first-order chi connectivity index (χ1) is 30.1. The van der Waals surface area contributed by atoms with Gasteiger partial charge in [-0.15, -0.1) is 0 Å². The number of rotatable bonds is 11. The molecule has 0 aromatic heterocycles. The van der Waals surface area contributed by atoms with Crippen LogP contribution in [0.15, 0.2) is 23.3 Å². The van der Waals surface area contributed by atoms with E-state index in [1.807, 2.05) is 13.8 Å². The van der Waals surface area contributed by atoms with Crippen molar-refractivity contribution in [2.75, 3.05) is 13.1 Å². The van der Waals surface area contributed by atoms with E-state index in [9.17, 15) is 39.0 Å². The Labute approximate surface area is 409 Å². The molecule has 16 atom stereocenters. The first-order valence-corrected chi connectivity index (χ1v) is 25.8. The van der Waals surface area contributed by atoms with E-state index >= 15 is 0 Å². The summed E-state index contributed by atoms with van der Waals surface area (Å²) in [6.45, 7) is 18.1. The van der Waals surface area contributed by atoms with Crippen molar-refractivity contribution in [2.45, 2.75) is 158 Å². The van der Waals surface area contributed by atoms with Crippen LogP contribution in [-0.4, -0.2) is 98.2 Å². The number of hydrogen-bond donors (Lipinski definition) is 2. The standard InChI is InChI=1S/C54H76N2O8.Na/c1-29(2)33-27-53-21-15-35-49(5,17-13-19-51(35,7)47(61)62)37(53)25-31(33)39-41(53)45(59)55(43(39)57)23-11-9-10-12-24-56-44(58)40-32-26-38-50(6)18-14-20-52(8,48(63)64)36(50)16-22-54(38,42(40)46(56)60)28-34(32)30(3)4;/h27-32,35-42H,9-26H2,1-8H3,(H,61,62)(H,63,64);. The number of carboxylic acid groups (broad SMARTS) is 2. The third-order valence-corrected chi connectivity index (χ3v) is 22.0. The molecule has 65 heavy (non-hydrogen) atoms. The van der Waals surface area contributed by atoms with Crippen molar-refractivity contribution in [3.05, 3.63) is 23.3 Å². The first-order valence-electron chi connectivity index (χ1n) is 25.8. The number of fused-ring (bicyclic) bond motifs is 2. The summed E-state index contributed by atoms with van der Waals surface area (Å²) < 4.78 is 0. The Morgan fingerprint density at radius 3 is 1.28 bits per heavy atom. The number of aliphatic carboxylic acids is 2. The van der Waals surface area contributed by atoms with Crippen molar-refractivity contribution >= 4 is 65.1 Å². The van der Waals surface area contributed by atoms with Gasteiger partial charge in [-0.25, -0.2) is 0 Å². The van der Waals surface area contributed by atoms with Crippen LogP contribution < -0.4 is 0 Å². The van der Waals surface area contributed by atoms with E-state index in [1.165, 1.54) is 11.1 Å². The molecule has 10 aliphatic carbocycles. The Hall–Kier alpha value is -2.30. The first kappa shape index (κ1) is 47.8. The molecular weight excluding hydrogens is 828 g/mol. The molecule has 351 valence electrons. The summed E-state index contributed by atoms with van der Waals surface area (Å²) in [5.41, 5.74) is -0.169.